The Morgan fingerprint density at radius 2 is 1.92 bits per heavy atom. The lowest BCUT2D eigenvalue weighted by molar-refractivity contribution is 0.0730. The molecule has 0 radical (unpaired) electrons. The third-order valence-electron chi connectivity index (χ3n) is 3.65. The van der Waals surface area contributed by atoms with E-state index in [9.17, 15) is 9.59 Å². The van der Waals surface area contributed by atoms with Gasteiger partial charge in [-0.3, -0.25) is 9.59 Å². The SMILES string of the molecule is Cc1ccc(C(=O)N(CCN(C)C)Cc2cccc(Cl)c2)c(=O)[nH]1. The lowest BCUT2D eigenvalue weighted by Crippen LogP contribution is -2.38. The fraction of sp³-hybridized carbons (Fsp3) is 0.333. The third kappa shape index (κ3) is 4.94. The van der Waals surface area contributed by atoms with Crippen molar-refractivity contribution in [3.05, 3.63) is 68.6 Å². The molecule has 1 aromatic carbocycles. The van der Waals surface area contributed by atoms with Gasteiger partial charge in [-0.15, -0.1) is 0 Å². The number of aryl methyl sites for hydroxylation is 1. The summed E-state index contributed by atoms with van der Waals surface area (Å²) in [5.74, 6) is -0.280. The van der Waals surface area contributed by atoms with E-state index in [1.54, 1.807) is 30.0 Å². The molecule has 0 bridgehead atoms. The second kappa shape index (κ2) is 8.13. The summed E-state index contributed by atoms with van der Waals surface area (Å²) in [6, 6.07) is 10.7. The molecule has 0 saturated heterocycles. The molecule has 0 saturated carbocycles. The van der Waals surface area contributed by atoms with Gasteiger partial charge in [-0.2, -0.15) is 0 Å². The monoisotopic (exact) mass is 347 g/mol. The Morgan fingerprint density at radius 1 is 1.17 bits per heavy atom. The Bertz CT molecular complexity index is 771. The van der Waals surface area contributed by atoms with Gasteiger partial charge in [0.2, 0.25) is 0 Å². The summed E-state index contributed by atoms with van der Waals surface area (Å²) in [6.45, 7) is 3.41. The fourth-order valence-electron chi connectivity index (χ4n) is 2.34. The van der Waals surface area contributed by atoms with Crippen molar-refractivity contribution in [2.24, 2.45) is 0 Å². The van der Waals surface area contributed by atoms with Crippen molar-refractivity contribution in [2.45, 2.75) is 13.5 Å². The molecule has 0 spiro atoms. The number of aromatic amines is 1. The number of halogens is 1. The predicted octanol–water partition coefficient (Wildman–Crippen LogP) is 2.54. The molecule has 0 unspecified atom stereocenters. The van der Waals surface area contributed by atoms with Crippen LogP contribution in [0.1, 0.15) is 21.6 Å². The molecule has 0 aliphatic carbocycles. The van der Waals surface area contributed by atoms with E-state index in [0.717, 1.165) is 11.3 Å². The molecule has 0 atom stereocenters. The maximum Gasteiger partial charge on any atom is 0.260 e. The average molecular weight is 348 g/mol. The molecule has 2 rings (SSSR count). The van der Waals surface area contributed by atoms with E-state index < -0.39 is 0 Å². The lowest BCUT2D eigenvalue weighted by Gasteiger charge is -2.24. The number of amides is 1. The Labute approximate surface area is 146 Å². The van der Waals surface area contributed by atoms with Gasteiger partial charge in [0.15, 0.2) is 0 Å². The standard InChI is InChI=1S/C18H22ClN3O2/c1-13-7-8-16(17(23)20-13)18(24)22(10-9-21(2)3)12-14-5-4-6-15(19)11-14/h4-8,11H,9-10,12H2,1-3H3,(H,20,23). The second-order valence-electron chi connectivity index (χ2n) is 6.04. The summed E-state index contributed by atoms with van der Waals surface area (Å²) >= 11 is 6.03. The van der Waals surface area contributed by atoms with Gasteiger partial charge in [-0.05, 0) is 50.8 Å². The van der Waals surface area contributed by atoms with Gasteiger partial charge >= 0.3 is 0 Å². The van der Waals surface area contributed by atoms with E-state index in [1.165, 1.54) is 0 Å². The van der Waals surface area contributed by atoms with Crippen molar-refractivity contribution in [3.8, 4) is 0 Å². The highest BCUT2D eigenvalue weighted by Crippen LogP contribution is 2.14. The third-order valence-corrected chi connectivity index (χ3v) is 3.89. The number of hydrogen-bond donors (Lipinski definition) is 1. The highest BCUT2D eigenvalue weighted by atomic mass is 35.5. The number of aromatic nitrogens is 1. The maximum atomic E-state index is 12.8. The van der Waals surface area contributed by atoms with Gasteiger partial charge in [0.05, 0.1) is 0 Å². The molecule has 128 valence electrons. The number of pyridine rings is 1. The van der Waals surface area contributed by atoms with E-state index in [1.807, 2.05) is 37.2 Å². The number of rotatable bonds is 6. The molecule has 1 amide bonds. The number of hydrogen-bond acceptors (Lipinski definition) is 3. The quantitative estimate of drug-likeness (QED) is 0.873. The van der Waals surface area contributed by atoms with Crippen molar-refractivity contribution >= 4 is 17.5 Å². The first kappa shape index (κ1) is 18.2. The van der Waals surface area contributed by atoms with Gasteiger partial charge in [-0.25, -0.2) is 0 Å². The fourth-order valence-corrected chi connectivity index (χ4v) is 2.55. The van der Waals surface area contributed by atoms with Crippen molar-refractivity contribution < 1.29 is 4.79 Å². The molecule has 0 aliphatic rings. The molecule has 6 heteroatoms. The second-order valence-corrected chi connectivity index (χ2v) is 6.48. The van der Waals surface area contributed by atoms with Crippen LogP contribution in [0.2, 0.25) is 5.02 Å². The predicted molar refractivity (Wildman–Crippen MR) is 96.5 cm³/mol. The van der Waals surface area contributed by atoms with E-state index in [4.69, 9.17) is 11.6 Å². The van der Waals surface area contributed by atoms with Crippen molar-refractivity contribution in [1.29, 1.82) is 0 Å². The normalized spacial score (nSPS) is 10.9. The van der Waals surface area contributed by atoms with Crippen LogP contribution in [0.15, 0.2) is 41.2 Å². The topological polar surface area (TPSA) is 56.4 Å². The maximum absolute atomic E-state index is 12.8. The van der Waals surface area contributed by atoms with Crippen LogP contribution >= 0.6 is 11.6 Å². The first-order chi connectivity index (χ1) is 11.4. The van der Waals surface area contributed by atoms with Gasteiger partial charge in [0.25, 0.3) is 11.5 Å². The van der Waals surface area contributed by atoms with Crippen molar-refractivity contribution in [1.82, 2.24) is 14.8 Å². The Hall–Kier alpha value is -2.11. The van der Waals surface area contributed by atoms with E-state index in [-0.39, 0.29) is 17.0 Å². The minimum atomic E-state index is -0.360. The van der Waals surface area contributed by atoms with Crippen molar-refractivity contribution in [3.63, 3.8) is 0 Å². The highest BCUT2D eigenvalue weighted by Gasteiger charge is 2.19. The van der Waals surface area contributed by atoms with Gasteiger partial charge in [0, 0.05) is 30.4 Å². The Kier molecular flexibility index (Phi) is 6.17. The number of nitrogens with one attached hydrogen (secondary N) is 1. The minimum absolute atomic E-state index is 0.154. The van der Waals surface area contributed by atoms with Crippen LogP contribution in [-0.4, -0.2) is 47.9 Å². The van der Waals surface area contributed by atoms with E-state index in [0.29, 0.717) is 24.7 Å². The molecular formula is C18H22ClN3O2. The summed E-state index contributed by atoms with van der Waals surface area (Å²) < 4.78 is 0. The average Bonchev–Trinajstić information content (AvgIpc) is 2.50. The first-order valence-electron chi connectivity index (χ1n) is 7.75. The van der Waals surface area contributed by atoms with Crippen LogP contribution in [0.3, 0.4) is 0 Å². The molecular weight excluding hydrogens is 326 g/mol. The zero-order valence-electron chi connectivity index (χ0n) is 14.2. The van der Waals surface area contributed by atoms with Crippen LogP contribution < -0.4 is 5.56 Å². The highest BCUT2D eigenvalue weighted by molar-refractivity contribution is 6.30. The lowest BCUT2D eigenvalue weighted by atomic mass is 10.1. The molecule has 0 fully saturated rings. The zero-order chi connectivity index (χ0) is 17.7. The molecule has 2 aromatic rings. The van der Waals surface area contributed by atoms with E-state index >= 15 is 0 Å². The summed E-state index contributed by atoms with van der Waals surface area (Å²) in [7, 11) is 3.89. The number of carbonyl (C=O) groups excluding carboxylic acids is 1. The largest absolute Gasteiger partial charge is 0.333 e. The number of nitrogens with zero attached hydrogens (tertiary/aromatic N) is 2. The van der Waals surface area contributed by atoms with Gasteiger partial charge < -0.3 is 14.8 Å². The van der Waals surface area contributed by atoms with Gasteiger partial charge in [0.1, 0.15) is 5.56 Å². The van der Waals surface area contributed by atoms with Crippen LogP contribution in [0.4, 0.5) is 0 Å². The van der Waals surface area contributed by atoms with Crippen LogP contribution in [0, 0.1) is 6.92 Å². The summed E-state index contributed by atoms with van der Waals surface area (Å²) in [6.07, 6.45) is 0. The smallest absolute Gasteiger partial charge is 0.260 e. The van der Waals surface area contributed by atoms with Crippen LogP contribution in [0.5, 0.6) is 0 Å². The van der Waals surface area contributed by atoms with Crippen LogP contribution in [0.25, 0.3) is 0 Å². The summed E-state index contributed by atoms with van der Waals surface area (Å²) in [5.41, 5.74) is 1.45. The van der Waals surface area contributed by atoms with E-state index in [2.05, 4.69) is 4.98 Å². The molecule has 1 N–H and O–H groups in total. The zero-order valence-corrected chi connectivity index (χ0v) is 14.9. The molecule has 5 nitrogen and oxygen atoms in total. The Balaban J connectivity index is 2.27. The first-order valence-corrected chi connectivity index (χ1v) is 8.13. The van der Waals surface area contributed by atoms with Crippen molar-refractivity contribution in [2.75, 3.05) is 27.2 Å². The Morgan fingerprint density at radius 3 is 2.54 bits per heavy atom. The summed E-state index contributed by atoms with van der Waals surface area (Å²) in [5, 5.41) is 0.626. The molecule has 1 aromatic heterocycles. The number of carbonyl (C=O) groups is 1. The molecule has 0 aliphatic heterocycles. The number of likely N-dealkylation sites (N-methyl/N-ethyl adjacent to an activating group) is 1. The van der Waals surface area contributed by atoms with Gasteiger partial charge in [-0.1, -0.05) is 23.7 Å². The number of benzene rings is 1. The van der Waals surface area contributed by atoms with Crippen LogP contribution in [-0.2, 0) is 6.54 Å². The summed E-state index contributed by atoms with van der Waals surface area (Å²) in [4.78, 5) is 31.3. The molecule has 1 heterocycles. The minimum Gasteiger partial charge on any atom is -0.333 e. The number of H-pyrrole nitrogens is 1. The molecule has 24 heavy (non-hydrogen) atoms.